The number of rotatable bonds is 2. The van der Waals surface area contributed by atoms with E-state index in [0.29, 0.717) is 5.92 Å². The molecule has 1 aliphatic heterocycles. The van der Waals surface area contributed by atoms with Crippen molar-refractivity contribution in [2.75, 3.05) is 13.7 Å². The van der Waals surface area contributed by atoms with Gasteiger partial charge in [0, 0.05) is 13.0 Å². The Morgan fingerprint density at radius 2 is 2.07 bits per heavy atom. The zero-order valence-corrected chi connectivity index (χ0v) is 9.03. The molecule has 80 valence electrons. The van der Waals surface area contributed by atoms with Gasteiger partial charge in [-0.05, 0) is 30.4 Å². The normalized spacial score (nSPS) is 33.5. The van der Waals surface area contributed by atoms with E-state index in [2.05, 4.69) is 24.3 Å². The van der Waals surface area contributed by atoms with Gasteiger partial charge in [0.15, 0.2) is 5.79 Å². The lowest BCUT2D eigenvalue weighted by Crippen LogP contribution is -2.31. The number of aryl methyl sites for hydroxylation is 1. The molecular formula is C13H16O2. The predicted octanol–water partition coefficient (Wildman–Crippen LogP) is 2.16. The summed E-state index contributed by atoms with van der Waals surface area (Å²) in [6.07, 6.45) is 3.45. The van der Waals surface area contributed by atoms with Crippen LogP contribution in [0.25, 0.3) is 0 Å². The lowest BCUT2D eigenvalue weighted by molar-refractivity contribution is -0.0589. The summed E-state index contributed by atoms with van der Waals surface area (Å²) in [4.78, 5) is 0. The highest BCUT2D eigenvalue weighted by Gasteiger charge is 2.52. The first-order chi connectivity index (χ1) is 7.34. The van der Waals surface area contributed by atoms with E-state index in [1.54, 1.807) is 7.11 Å². The summed E-state index contributed by atoms with van der Waals surface area (Å²) < 4.78 is 11.0. The van der Waals surface area contributed by atoms with Gasteiger partial charge in [-0.1, -0.05) is 24.3 Å². The number of methoxy groups -OCH3 is 1. The molecule has 3 rings (SSSR count). The van der Waals surface area contributed by atoms with Crippen LogP contribution >= 0.6 is 0 Å². The second-order valence-corrected chi connectivity index (χ2v) is 4.51. The summed E-state index contributed by atoms with van der Waals surface area (Å²) in [5.74, 6) is 0.297. The van der Waals surface area contributed by atoms with Gasteiger partial charge >= 0.3 is 0 Å². The molecule has 15 heavy (non-hydrogen) atoms. The minimum atomic E-state index is -0.243. The van der Waals surface area contributed by atoms with Crippen LogP contribution in [0.3, 0.4) is 0 Å². The molecule has 0 amide bonds. The molecule has 0 aromatic heterocycles. The molecule has 1 saturated heterocycles. The molecule has 2 unspecified atom stereocenters. The van der Waals surface area contributed by atoms with Crippen LogP contribution in [-0.2, 0) is 22.3 Å². The maximum Gasteiger partial charge on any atom is 0.195 e. The van der Waals surface area contributed by atoms with Crippen molar-refractivity contribution in [1.82, 2.24) is 0 Å². The number of ether oxygens (including phenoxy) is 2. The second kappa shape index (κ2) is 3.32. The van der Waals surface area contributed by atoms with Crippen molar-refractivity contribution in [3.8, 4) is 0 Å². The fourth-order valence-electron chi connectivity index (χ4n) is 2.66. The Morgan fingerprint density at radius 1 is 1.33 bits per heavy atom. The smallest absolute Gasteiger partial charge is 0.195 e. The minimum absolute atomic E-state index is 0.243. The molecular weight excluding hydrogens is 188 g/mol. The summed E-state index contributed by atoms with van der Waals surface area (Å²) in [5, 5.41) is 0. The van der Waals surface area contributed by atoms with Gasteiger partial charge in [0.05, 0.1) is 0 Å². The number of hydrogen-bond acceptors (Lipinski definition) is 2. The molecule has 0 saturated carbocycles. The summed E-state index contributed by atoms with van der Waals surface area (Å²) >= 11 is 0. The Bertz CT molecular complexity index is 369. The molecule has 0 bridgehead atoms. The van der Waals surface area contributed by atoms with E-state index in [9.17, 15) is 0 Å². The first-order valence-electron chi connectivity index (χ1n) is 5.60. The van der Waals surface area contributed by atoms with Crippen LogP contribution in [0.15, 0.2) is 24.3 Å². The highest BCUT2D eigenvalue weighted by molar-refractivity contribution is 5.30. The third-order valence-corrected chi connectivity index (χ3v) is 3.74. The van der Waals surface area contributed by atoms with Crippen molar-refractivity contribution in [3.05, 3.63) is 35.4 Å². The van der Waals surface area contributed by atoms with Gasteiger partial charge in [-0.15, -0.1) is 0 Å². The van der Waals surface area contributed by atoms with Gasteiger partial charge < -0.3 is 9.47 Å². The number of hydrogen-bond donors (Lipinski definition) is 0. The van der Waals surface area contributed by atoms with Crippen LogP contribution in [0.2, 0.25) is 0 Å². The van der Waals surface area contributed by atoms with Gasteiger partial charge in [-0.25, -0.2) is 0 Å². The minimum Gasteiger partial charge on any atom is -0.351 e. The van der Waals surface area contributed by atoms with Crippen LogP contribution in [0.1, 0.15) is 17.5 Å². The summed E-state index contributed by atoms with van der Waals surface area (Å²) in [7, 11) is 1.76. The van der Waals surface area contributed by atoms with Crippen LogP contribution in [0.5, 0.6) is 0 Å². The predicted molar refractivity (Wildman–Crippen MR) is 57.6 cm³/mol. The summed E-state index contributed by atoms with van der Waals surface area (Å²) in [6, 6.07) is 8.71. The molecule has 1 aromatic rings. The van der Waals surface area contributed by atoms with Crippen molar-refractivity contribution < 1.29 is 9.47 Å². The fraction of sp³-hybridized carbons (Fsp3) is 0.538. The second-order valence-electron chi connectivity index (χ2n) is 4.51. The number of benzene rings is 1. The van der Waals surface area contributed by atoms with Crippen molar-refractivity contribution >= 4 is 0 Å². The first-order valence-corrected chi connectivity index (χ1v) is 5.60. The molecule has 2 heteroatoms. The average Bonchev–Trinajstić information content (AvgIpc) is 3.09. The molecule has 1 aromatic carbocycles. The molecule has 0 N–H and O–H groups in total. The topological polar surface area (TPSA) is 21.8 Å². The highest BCUT2D eigenvalue weighted by Crippen LogP contribution is 2.42. The van der Waals surface area contributed by atoms with Gasteiger partial charge in [0.2, 0.25) is 0 Å². The van der Waals surface area contributed by atoms with Gasteiger partial charge in [-0.3, -0.25) is 0 Å². The van der Waals surface area contributed by atoms with Crippen molar-refractivity contribution in [2.24, 2.45) is 5.92 Å². The highest BCUT2D eigenvalue weighted by atomic mass is 16.8. The average molecular weight is 204 g/mol. The van der Waals surface area contributed by atoms with E-state index in [1.165, 1.54) is 17.5 Å². The molecule has 1 aliphatic carbocycles. The van der Waals surface area contributed by atoms with E-state index >= 15 is 0 Å². The van der Waals surface area contributed by atoms with Crippen molar-refractivity contribution in [2.45, 2.75) is 25.0 Å². The molecule has 0 spiro atoms. The zero-order valence-electron chi connectivity index (χ0n) is 9.03. The molecule has 2 nitrogen and oxygen atoms in total. The Kier molecular flexibility index (Phi) is 2.08. The van der Waals surface area contributed by atoms with Gasteiger partial charge in [0.1, 0.15) is 6.61 Å². The van der Waals surface area contributed by atoms with E-state index < -0.39 is 0 Å². The lowest BCUT2D eigenvalue weighted by Gasteiger charge is -2.28. The lowest BCUT2D eigenvalue weighted by atomic mass is 9.81. The first kappa shape index (κ1) is 9.37. The number of fused-ring (bicyclic) bond motifs is 1. The van der Waals surface area contributed by atoms with Crippen LogP contribution in [0, 0.1) is 5.92 Å². The molecule has 1 heterocycles. The van der Waals surface area contributed by atoms with E-state index in [-0.39, 0.29) is 5.79 Å². The van der Waals surface area contributed by atoms with Crippen molar-refractivity contribution in [3.63, 3.8) is 0 Å². The zero-order chi connectivity index (χ0) is 10.3. The molecule has 2 aliphatic rings. The summed E-state index contributed by atoms with van der Waals surface area (Å²) in [6.45, 7) is 0.774. The largest absolute Gasteiger partial charge is 0.351 e. The third-order valence-electron chi connectivity index (χ3n) is 3.74. The summed E-state index contributed by atoms with van der Waals surface area (Å²) in [5.41, 5.74) is 2.97. The van der Waals surface area contributed by atoms with E-state index in [1.807, 2.05) is 0 Å². The Labute approximate surface area is 90.2 Å². The third kappa shape index (κ3) is 1.48. The van der Waals surface area contributed by atoms with Crippen LogP contribution in [-0.4, -0.2) is 19.5 Å². The monoisotopic (exact) mass is 204 g/mol. The SMILES string of the molecule is COC1(C2CCc3ccccc3C2)CO1. The Hall–Kier alpha value is -0.860. The number of epoxide rings is 1. The van der Waals surface area contributed by atoms with Crippen molar-refractivity contribution in [1.29, 1.82) is 0 Å². The molecule has 2 atom stereocenters. The molecule has 1 fully saturated rings. The Balaban J connectivity index is 1.83. The van der Waals surface area contributed by atoms with Crippen LogP contribution in [0.4, 0.5) is 0 Å². The van der Waals surface area contributed by atoms with E-state index in [0.717, 1.165) is 19.4 Å². The fourth-order valence-corrected chi connectivity index (χ4v) is 2.66. The maximum atomic E-state index is 5.48. The van der Waals surface area contributed by atoms with Gasteiger partial charge in [-0.2, -0.15) is 0 Å². The Morgan fingerprint density at radius 3 is 2.73 bits per heavy atom. The molecule has 0 radical (unpaired) electrons. The van der Waals surface area contributed by atoms with Crippen LogP contribution < -0.4 is 0 Å². The van der Waals surface area contributed by atoms with E-state index in [4.69, 9.17) is 9.47 Å². The standard InChI is InChI=1S/C13H16O2/c1-14-13(9-15-13)12-7-6-10-4-2-3-5-11(10)8-12/h2-5,12H,6-9H2,1H3. The maximum absolute atomic E-state index is 5.48. The van der Waals surface area contributed by atoms with Gasteiger partial charge in [0.25, 0.3) is 0 Å². The quantitative estimate of drug-likeness (QED) is 0.689.